The van der Waals surface area contributed by atoms with Crippen molar-refractivity contribution >= 4 is 61.3 Å². The molecule has 0 amide bonds. The summed E-state index contributed by atoms with van der Waals surface area (Å²) in [7, 11) is 0. The molecular formula is C22H18Br2ClNO3. The highest BCUT2D eigenvalue weighted by Crippen LogP contribution is 2.38. The molecule has 2 aromatic rings. The van der Waals surface area contributed by atoms with E-state index in [1.165, 1.54) is 0 Å². The van der Waals surface area contributed by atoms with Crippen LogP contribution in [0, 0.1) is 16.7 Å². The minimum Gasteiger partial charge on any atom is -0.465 e. The number of benzene rings is 2. The topological polar surface area (TPSA) is 67.2 Å². The predicted molar refractivity (Wildman–Crippen MR) is 121 cm³/mol. The number of carbonyl (C=O) groups is 2. The van der Waals surface area contributed by atoms with Gasteiger partial charge in [0.25, 0.3) is 0 Å². The number of nitrogens with zero attached hydrogens (tertiary/aromatic N) is 1. The normalized spacial score (nSPS) is 13.3. The Kier molecular flexibility index (Phi) is 8.63. The highest BCUT2D eigenvalue weighted by molar-refractivity contribution is 9.10. The third kappa shape index (κ3) is 5.36. The van der Waals surface area contributed by atoms with Crippen LogP contribution in [0.25, 0.3) is 6.08 Å². The Morgan fingerprint density at radius 3 is 2.38 bits per heavy atom. The average molecular weight is 540 g/mol. The van der Waals surface area contributed by atoms with Crippen molar-refractivity contribution < 1.29 is 14.3 Å². The van der Waals surface area contributed by atoms with Gasteiger partial charge in [0.05, 0.1) is 12.7 Å². The molecule has 4 nitrogen and oxygen atoms in total. The van der Waals surface area contributed by atoms with Crippen molar-refractivity contribution in [3.05, 3.63) is 74.2 Å². The molecule has 0 aliphatic rings. The van der Waals surface area contributed by atoms with E-state index in [2.05, 4.69) is 31.9 Å². The number of halogens is 3. The number of nitriles is 1. The van der Waals surface area contributed by atoms with Gasteiger partial charge in [0.15, 0.2) is 11.2 Å². The van der Waals surface area contributed by atoms with E-state index < -0.39 is 17.2 Å². The van der Waals surface area contributed by atoms with Crippen LogP contribution in [0.15, 0.2) is 63.0 Å². The minimum absolute atomic E-state index is 0.00723. The summed E-state index contributed by atoms with van der Waals surface area (Å²) in [5.41, 5.74) is -0.790. The van der Waals surface area contributed by atoms with Crippen molar-refractivity contribution in [2.45, 2.75) is 13.3 Å². The van der Waals surface area contributed by atoms with Crippen molar-refractivity contribution in [2.24, 2.45) is 5.41 Å². The Balaban J connectivity index is 2.75. The third-order valence-electron chi connectivity index (χ3n) is 4.30. The van der Waals surface area contributed by atoms with Gasteiger partial charge in [0, 0.05) is 26.0 Å². The fourth-order valence-corrected chi connectivity index (χ4v) is 3.74. The molecule has 0 spiro atoms. The van der Waals surface area contributed by atoms with Crippen molar-refractivity contribution in [2.75, 3.05) is 12.5 Å². The third-order valence-corrected chi connectivity index (χ3v) is 5.74. The summed E-state index contributed by atoms with van der Waals surface area (Å²) >= 11 is 12.7. The van der Waals surface area contributed by atoms with Crippen LogP contribution in [0.2, 0.25) is 0 Å². The quantitative estimate of drug-likeness (QED) is 0.174. The van der Waals surface area contributed by atoms with Crippen molar-refractivity contribution in [1.82, 2.24) is 0 Å². The first-order chi connectivity index (χ1) is 13.9. The molecule has 0 aromatic heterocycles. The van der Waals surface area contributed by atoms with Gasteiger partial charge in [-0.05, 0) is 55.3 Å². The molecule has 1 atom stereocenters. The number of hydrogen-bond donors (Lipinski definition) is 0. The van der Waals surface area contributed by atoms with E-state index in [0.717, 1.165) is 8.95 Å². The predicted octanol–water partition coefficient (Wildman–Crippen LogP) is 6.18. The van der Waals surface area contributed by atoms with E-state index in [0.29, 0.717) is 11.1 Å². The Morgan fingerprint density at radius 2 is 1.83 bits per heavy atom. The lowest BCUT2D eigenvalue weighted by Crippen LogP contribution is -2.37. The standard InChI is InChI=1S/C22H18Br2ClNO3/c1-2-29-21(28)22(14-26,11-12-25)18(13-16-5-3-4-6-19(16)24)20(27)15-7-9-17(23)10-8-15/h3-10,13H,2,11-12H2,1H3/b18-13+/t22-/m0/s1. The van der Waals surface area contributed by atoms with Gasteiger partial charge < -0.3 is 4.74 Å². The van der Waals surface area contributed by atoms with E-state index in [-0.39, 0.29) is 24.5 Å². The van der Waals surface area contributed by atoms with E-state index in [1.54, 1.807) is 49.4 Å². The average Bonchev–Trinajstić information content (AvgIpc) is 2.72. The van der Waals surface area contributed by atoms with Gasteiger partial charge in [-0.1, -0.05) is 50.1 Å². The summed E-state index contributed by atoms with van der Waals surface area (Å²) in [5, 5.41) is 10.0. The maximum atomic E-state index is 13.5. The lowest BCUT2D eigenvalue weighted by Gasteiger charge is -2.26. The minimum atomic E-state index is -1.82. The number of carbonyl (C=O) groups excluding carboxylic acids is 2. The largest absolute Gasteiger partial charge is 0.465 e. The number of alkyl halides is 1. The van der Waals surface area contributed by atoms with Gasteiger partial charge >= 0.3 is 5.97 Å². The lowest BCUT2D eigenvalue weighted by molar-refractivity contribution is -0.150. The van der Waals surface area contributed by atoms with Crippen LogP contribution in [-0.4, -0.2) is 24.2 Å². The van der Waals surface area contributed by atoms with Crippen LogP contribution < -0.4 is 0 Å². The van der Waals surface area contributed by atoms with Gasteiger partial charge in [0.2, 0.25) is 0 Å². The first kappa shape index (κ1) is 23.3. The zero-order valence-corrected chi connectivity index (χ0v) is 19.6. The summed E-state index contributed by atoms with van der Waals surface area (Å²) in [6.45, 7) is 1.73. The zero-order valence-electron chi connectivity index (χ0n) is 15.6. The van der Waals surface area contributed by atoms with Crippen LogP contribution in [0.3, 0.4) is 0 Å². The van der Waals surface area contributed by atoms with Gasteiger partial charge in [-0.3, -0.25) is 4.79 Å². The molecule has 0 bridgehead atoms. The van der Waals surface area contributed by atoms with Crippen LogP contribution in [0.1, 0.15) is 29.3 Å². The van der Waals surface area contributed by atoms with Crippen LogP contribution in [0.4, 0.5) is 0 Å². The molecule has 0 unspecified atom stereocenters. The lowest BCUT2D eigenvalue weighted by atomic mass is 9.75. The number of ketones is 1. The fourth-order valence-electron chi connectivity index (χ4n) is 2.79. The number of hydrogen-bond acceptors (Lipinski definition) is 4. The summed E-state index contributed by atoms with van der Waals surface area (Å²) in [6, 6.07) is 16.0. The maximum Gasteiger partial charge on any atom is 0.331 e. The first-order valence-corrected chi connectivity index (χ1v) is 10.9. The Labute approximate surface area is 191 Å². The molecule has 0 N–H and O–H groups in total. The van der Waals surface area contributed by atoms with Gasteiger partial charge in [0.1, 0.15) is 0 Å². The maximum absolute atomic E-state index is 13.5. The monoisotopic (exact) mass is 537 g/mol. The summed E-state index contributed by atoms with van der Waals surface area (Å²) in [6.07, 6.45) is 1.50. The molecule has 0 radical (unpaired) electrons. The smallest absolute Gasteiger partial charge is 0.331 e. The molecule has 150 valence electrons. The van der Waals surface area contributed by atoms with E-state index in [4.69, 9.17) is 16.3 Å². The van der Waals surface area contributed by atoms with Crippen molar-refractivity contribution in [1.29, 1.82) is 5.26 Å². The van der Waals surface area contributed by atoms with Gasteiger partial charge in [-0.2, -0.15) is 5.26 Å². The van der Waals surface area contributed by atoms with E-state index in [9.17, 15) is 14.9 Å². The molecule has 0 aliphatic carbocycles. The fraction of sp³-hybridized carbons (Fsp3) is 0.227. The molecule has 2 aromatic carbocycles. The van der Waals surface area contributed by atoms with Crippen molar-refractivity contribution in [3.63, 3.8) is 0 Å². The van der Waals surface area contributed by atoms with E-state index >= 15 is 0 Å². The van der Waals surface area contributed by atoms with Gasteiger partial charge in [-0.25, -0.2) is 4.79 Å². The summed E-state index contributed by atoms with van der Waals surface area (Å²) in [5.74, 6) is -1.22. The summed E-state index contributed by atoms with van der Waals surface area (Å²) < 4.78 is 6.71. The van der Waals surface area contributed by atoms with Crippen LogP contribution in [-0.2, 0) is 9.53 Å². The second kappa shape index (κ2) is 10.7. The Hall–Kier alpha value is -1.94. The number of rotatable bonds is 8. The summed E-state index contributed by atoms with van der Waals surface area (Å²) in [4.78, 5) is 26.3. The van der Waals surface area contributed by atoms with Gasteiger partial charge in [-0.15, -0.1) is 11.6 Å². The number of esters is 1. The molecule has 0 saturated heterocycles. The highest BCUT2D eigenvalue weighted by Gasteiger charge is 2.46. The molecule has 2 rings (SSSR count). The molecule has 29 heavy (non-hydrogen) atoms. The molecular weight excluding hydrogens is 522 g/mol. The zero-order chi connectivity index (χ0) is 21.4. The molecule has 7 heteroatoms. The second-order valence-corrected chi connectivity index (χ2v) is 8.24. The molecule has 0 saturated carbocycles. The van der Waals surface area contributed by atoms with Crippen molar-refractivity contribution in [3.8, 4) is 6.07 Å². The molecule has 0 aliphatic heterocycles. The highest BCUT2D eigenvalue weighted by atomic mass is 79.9. The second-order valence-electron chi connectivity index (χ2n) is 6.09. The first-order valence-electron chi connectivity index (χ1n) is 8.81. The Bertz CT molecular complexity index is 967. The SMILES string of the molecule is CCOC(=O)[C@](C#N)(CCCl)/C(=C/c1ccccc1Br)C(=O)c1ccc(Br)cc1. The van der Waals surface area contributed by atoms with Crippen LogP contribution >= 0.6 is 43.5 Å². The van der Waals surface area contributed by atoms with E-state index in [1.807, 2.05) is 18.2 Å². The Morgan fingerprint density at radius 1 is 1.17 bits per heavy atom. The molecule has 0 fully saturated rings. The van der Waals surface area contributed by atoms with Crippen LogP contribution in [0.5, 0.6) is 0 Å². The number of ether oxygens (including phenoxy) is 1. The number of Topliss-reactive ketones (excluding diaryl/α,β-unsaturated/α-hetero) is 1. The molecule has 0 heterocycles.